The molecule has 1 amide bonds. The Labute approximate surface area is 137 Å². The van der Waals surface area contributed by atoms with Crippen molar-refractivity contribution in [1.82, 2.24) is 14.8 Å². The van der Waals surface area contributed by atoms with Crippen LogP contribution in [0.2, 0.25) is 0 Å². The largest absolute Gasteiger partial charge is 0.339 e. The van der Waals surface area contributed by atoms with Gasteiger partial charge in [0.05, 0.1) is 10.7 Å². The first-order chi connectivity index (χ1) is 10.5. The van der Waals surface area contributed by atoms with Gasteiger partial charge in [0.2, 0.25) is 5.91 Å². The Kier molecular flexibility index (Phi) is 4.83. The predicted octanol–water partition coefficient (Wildman–Crippen LogP) is 2.98. The monoisotopic (exact) mass is 321 g/mol. The van der Waals surface area contributed by atoms with Crippen molar-refractivity contribution in [3.63, 3.8) is 0 Å². The van der Waals surface area contributed by atoms with Crippen molar-refractivity contribution in [3.8, 4) is 0 Å². The minimum atomic E-state index is 0.384. The van der Waals surface area contributed by atoms with Gasteiger partial charge in [0.25, 0.3) is 0 Å². The molecule has 1 atom stereocenters. The summed E-state index contributed by atoms with van der Waals surface area (Å²) < 4.78 is 0. The van der Waals surface area contributed by atoms with Crippen LogP contribution in [0, 0.1) is 19.8 Å². The number of nitrogens with zero attached hydrogens (tertiary/aromatic N) is 3. The summed E-state index contributed by atoms with van der Waals surface area (Å²) in [5.74, 6) is 0.877. The van der Waals surface area contributed by atoms with Crippen LogP contribution in [-0.2, 0) is 11.3 Å². The summed E-state index contributed by atoms with van der Waals surface area (Å²) in [6.45, 7) is 7.08. The second-order valence-electron chi connectivity index (χ2n) is 6.99. The summed E-state index contributed by atoms with van der Waals surface area (Å²) in [7, 11) is 2.16. The van der Waals surface area contributed by atoms with Crippen molar-refractivity contribution in [3.05, 3.63) is 15.6 Å². The second-order valence-corrected chi connectivity index (χ2v) is 8.28. The van der Waals surface area contributed by atoms with Gasteiger partial charge in [-0.25, -0.2) is 4.98 Å². The highest BCUT2D eigenvalue weighted by atomic mass is 32.1. The number of carbonyl (C=O) groups excluding carboxylic acids is 1. The van der Waals surface area contributed by atoms with Gasteiger partial charge >= 0.3 is 0 Å². The lowest BCUT2D eigenvalue weighted by Gasteiger charge is -2.25. The first-order valence-corrected chi connectivity index (χ1v) is 9.25. The van der Waals surface area contributed by atoms with Crippen molar-refractivity contribution < 1.29 is 4.79 Å². The Hall–Kier alpha value is -0.940. The van der Waals surface area contributed by atoms with E-state index in [2.05, 4.69) is 35.7 Å². The van der Waals surface area contributed by atoms with Gasteiger partial charge in [0.15, 0.2) is 0 Å². The van der Waals surface area contributed by atoms with Crippen molar-refractivity contribution in [1.29, 1.82) is 0 Å². The van der Waals surface area contributed by atoms with E-state index in [1.807, 2.05) is 0 Å². The molecule has 1 aliphatic heterocycles. The number of aryl methyl sites for hydroxylation is 2. The number of carbonyl (C=O) groups is 1. The summed E-state index contributed by atoms with van der Waals surface area (Å²) in [6.07, 6.45) is 5.76. The van der Waals surface area contributed by atoms with Crippen LogP contribution >= 0.6 is 11.3 Å². The highest BCUT2D eigenvalue weighted by molar-refractivity contribution is 7.11. The zero-order valence-electron chi connectivity index (χ0n) is 14.0. The lowest BCUT2D eigenvalue weighted by Crippen LogP contribution is -2.35. The Morgan fingerprint density at radius 2 is 2.05 bits per heavy atom. The van der Waals surface area contributed by atoms with Crippen LogP contribution in [0.3, 0.4) is 0 Å². The van der Waals surface area contributed by atoms with E-state index >= 15 is 0 Å². The van der Waals surface area contributed by atoms with Gasteiger partial charge in [-0.05, 0) is 39.7 Å². The van der Waals surface area contributed by atoms with E-state index in [-0.39, 0.29) is 0 Å². The van der Waals surface area contributed by atoms with Crippen LogP contribution in [0.5, 0.6) is 0 Å². The lowest BCUT2D eigenvalue weighted by atomic mass is 10.1. The molecule has 1 saturated heterocycles. The molecule has 1 aliphatic carbocycles. The Bertz CT molecular complexity index is 536. The maximum atomic E-state index is 12.3. The van der Waals surface area contributed by atoms with Crippen LogP contribution in [0.4, 0.5) is 0 Å². The SMILES string of the molecule is Cc1nc(C)c(CN(C)C[C@@H]2CC(=O)N(C3CCCC3)C2)s1. The molecule has 22 heavy (non-hydrogen) atoms. The highest BCUT2D eigenvalue weighted by Gasteiger charge is 2.35. The number of rotatable bonds is 5. The van der Waals surface area contributed by atoms with Gasteiger partial charge in [-0.3, -0.25) is 4.79 Å². The van der Waals surface area contributed by atoms with Gasteiger partial charge in [0, 0.05) is 37.0 Å². The minimum Gasteiger partial charge on any atom is -0.339 e. The summed E-state index contributed by atoms with van der Waals surface area (Å²) in [4.78, 5) is 22.7. The normalized spacial score (nSPS) is 23.2. The molecule has 0 N–H and O–H groups in total. The maximum Gasteiger partial charge on any atom is 0.223 e. The standard InChI is InChI=1S/C17H27N3OS/c1-12-16(22-13(2)18-12)11-19(3)9-14-8-17(21)20(10-14)15-6-4-5-7-15/h14-15H,4-11H2,1-3H3/t14-/m0/s1. The first kappa shape index (κ1) is 15.9. The van der Waals surface area contributed by atoms with Gasteiger partial charge in [-0.15, -0.1) is 11.3 Å². The third-order valence-corrected chi connectivity index (χ3v) is 6.04. The number of likely N-dealkylation sites (tertiary alicyclic amines) is 1. The molecule has 122 valence electrons. The van der Waals surface area contributed by atoms with E-state index in [9.17, 15) is 4.79 Å². The zero-order chi connectivity index (χ0) is 15.7. The quantitative estimate of drug-likeness (QED) is 0.836. The van der Waals surface area contributed by atoms with Crippen LogP contribution in [0.1, 0.15) is 47.7 Å². The molecule has 2 fully saturated rings. The van der Waals surface area contributed by atoms with Crippen LogP contribution in [-0.4, -0.2) is 46.9 Å². The minimum absolute atomic E-state index is 0.384. The predicted molar refractivity (Wildman–Crippen MR) is 90.0 cm³/mol. The molecule has 0 radical (unpaired) electrons. The molecule has 4 nitrogen and oxygen atoms in total. The second kappa shape index (κ2) is 6.67. The van der Waals surface area contributed by atoms with Crippen molar-refractivity contribution >= 4 is 17.2 Å². The van der Waals surface area contributed by atoms with Crippen molar-refractivity contribution in [2.24, 2.45) is 5.92 Å². The fourth-order valence-corrected chi connectivity index (χ4v) is 4.99. The zero-order valence-corrected chi connectivity index (χ0v) is 14.8. The maximum absolute atomic E-state index is 12.3. The third kappa shape index (κ3) is 3.51. The lowest BCUT2D eigenvalue weighted by molar-refractivity contribution is -0.129. The molecule has 5 heteroatoms. The van der Waals surface area contributed by atoms with E-state index in [0.717, 1.165) is 36.8 Å². The van der Waals surface area contributed by atoms with Crippen molar-refractivity contribution in [2.75, 3.05) is 20.1 Å². The summed E-state index contributed by atoms with van der Waals surface area (Å²) in [5.41, 5.74) is 1.16. The van der Waals surface area contributed by atoms with Gasteiger partial charge < -0.3 is 9.80 Å². The van der Waals surface area contributed by atoms with Crippen LogP contribution in [0.25, 0.3) is 0 Å². The molecule has 0 spiro atoms. The third-order valence-electron chi connectivity index (χ3n) is 4.99. The van der Waals surface area contributed by atoms with E-state index in [1.165, 1.54) is 30.6 Å². The molecule has 1 aromatic rings. The summed E-state index contributed by atoms with van der Waals surface area (Å²) in [5, 5.41) is 1.14. The van der Waals surface area contributed by atoms with E-state index in [1.54, 1.807) is 11.3 Å². The molecule has 1 saturated carbocycles. The van der Waals surface area contributed by atoms with E-state index in [0.29, 0.717) is 17.9 Å². The van der Waals surface area contributed by atoms with Crippen LogP contribution in [0.15, 0.2) is 0 Å². The Balaban J connectivity index is 1.52. The van der Waals surface area contributed by atoms with E-state index < -0.39 is 0 Å². The van der Waals surface area contributed by atoms with Crippen molar-refractivity contribution in [2.45, 2.75) is 58.5 Å². The molecule has 0 bridgehead atoms. The van der Waals surface area contributed by atoms with Crippen LogP contribution < -0.4 is 0 Å². The molecular weight excluding hydrogens is 294 g/mol. The Morgan fingerprint density at radius 3 is 2.68 bits per heavy atom. The average molecular weight is 321 g/mol. The smallest absolute Gasteiger partial charge is 0.223 e. The highest BCUT2D eigenvalue weighted by Crippen LogP contribution is 2.30. The number of amides is 1. The summed E-state index contributed by atoms with van der Waals surface area (Å²) >= 11 is 1.79. The summed E-state index contributed by atoms with van der Waals surface area (Å²) in [6, 6.07) is 0.536. The molecule has 1 aromatic heterocycles. The number of hydrogen-bond donors (Lipinski definition) is 0. The fourth-order valence-electron chi connectivity index (χ4n) is 3.97. The molecule has 2 aliphatic rings. The number of thiazole rings is 1. The molecule has 0 aromatic carbocycles. The topological polar surface area (TPSA) is 36.4 Å². The first-order valence-electron chi connectivity index (χ1n) is 8.44. The number of hydrogen-bond acceptors (Lipinski definition) is 4. The van der Waals surface area contributed by atoms with Gasteiger partial charge in [0.1, 0.15) is 0 Å². The molecule has 2 heterocycles. The number of aromatic nitrogens is 1. The fraction of sp³-hybridized carbons (Fsp3) is 0.765. The Morgan fingerprint density at radius 1 is 1.32 bits per heavy atom. The van der Waals surface area contributed by atoms with E-state index in [4.69, 9.17) is 0 Å². The molecule has 0 unspecified atom stereocenters. The average Bonchev–Trinajstić information content (AvgIpc) is 3.12. The van der Waals surface area contributed by atoms with Gasteiger partial charge in [-0.2, -0.15) is 0 Å². The molecule has 3 rings (SSSR count). The van der Waals surface area contributed by atoms with Gasteiger partial charge in [-0.1, -0.05) is 12.8 Å². The molecular formula is C17H27N3OS.